The van der Waals surface area contributed by atoms with Crippen LogP contribution < -0.4 is 16.6 Å². The van der Waals surface area contributed by atoms with Crippen LogP contribution in [0.25, 0.3) is 11.3 Å². The van der Waals surface area contributed by atoms with Crippen LogP contribution in [0.15, 0.2) is 63.1 Å². The number of amidine groups is 1. The molecule has 0 spiro atoms. The lowest BCUT2D eigenvalue weighted by molar-refractivity contribution is 0.432. The number of benzene rings is 1. The fourth-order valence-electron chi connectivity index (χ4n) is 3.58. The number of rotatable bonds is 5. The fourth-order valence-corrected chi connectivity index (χ4v) is 3.58. The van der Waals surface area contributed by atoms with Gasteiger partial charge in [-0.1, -0.05) is 24.4 Å². The normalized spacial score (nSPS) is 14.5. The van der Waals surface area contributed by atoms with Crippen molar-refractivity contribution in [1.29, 1.82) is 5.26 Å². The molecule has 0 saturated heterocycles. The van der Waals surface area contributed by atoms with Crippen molar-refractivity contribution in [2.75, 3.05) is 5.32 Å². The summed E-state index contributed by atoms with van der Waals surface area (Å²) in [6.45, 7) is 3.50. The molecule has 2 heterocycles. The van der Waals surface area contributed by atoms with E-state index in [2.05, 4.69) is 27.0 Å². The van der Waals surface area contributed by atoms with E-state index in [-0.39, 0.29) is 11.4 Å². The monoisotopic (exact) mass is 404 g/mol. The van der Waals surface area contributed by atoms with Gasteiger partial charge in [0, 0.05) is 30.4 Å². The zero-order valence-corrected chi connectivity index (χ0v) is 16.5. The Balaban J connectivity index is 0.00000124. The Morgan fingerprint density at radius 1 is 1.17 bits per heavy atom. The van der Waals surface area contributed by atoms with Crippen LogP contribution in [-0.4, -0.2) is 22.0 Å². The highest BCUT2D eigenvalue weighted by molar-refractivity contribution is 6.03. The summed E-state index contributed by atoms with van der Waals surface area (Å²) in [4.78, 5) is 19.6. The van der Waals surface area contributed by atoms with Gasteiger partial charge in [-0.3, -0.25) is 4.79 Å². The van der Waals surface area contributed by atoms with Gasteiger partial charge < -0.3 is 20.6 Å². The Hall–Kier alpha value is -3.86. The predicted octanol–water partition coefficient (Wildman–Crippen LogP) is 3.95. The van der Waals surface area contributed by atoms with Crippen molar-refractivity contribution in [1.82, 2.24) is 10.1 Å². The van der Waals surface area contributed by atoms with Gasteiger partial charge in [-0.2, -0.15) is 0 Å². The Bertz CT molecular complexity index is 1050. The quantitative estimate of drug-likeness (QED) is 0.435. The van der Waals surface area contributed by atoms with E-state index in [1.165, 1.54) is 19.3 Å². The van der Waals surface area contributed by atoms with Gasteiger partial charge in [0.2, 0.25) is 0 Å². The third-order valence-electron chi connectivity index (χ3n) is 5.02. The lowest BCUT2D eigenvalue weighted by atomic mass is 9.95. The van der Waals surface area contributed by atoms with E-state index in [4.69, 9.17) is 15.5 Å². The highest BCUT2D eigenvalue weighted by Crippen LogP contribution is 2.24. The van der Waals surface area contributed by atoms with Crippen molar-refractivity contribution in [2.45, 2.75) is 38.1 Å². The molecule has 0 unspecified atom stereocenters. The summed E-state index contributed by atoms with van der Waals surface area (Å²) in [5, 5.41) is 13.7. The number of H-pyrrole nitrogens is 1. The number of aromatic amines is 1. The summed E-state index contributed by atoms with van der Waals surface area (Å²) in [7, 11) is 0. The molecular weight excluding hydrogens is 380 g/mol. The van der Waals surface area contributed by atoms with E-state index in [0.29, 0.717) is 23.1 Å². The van der Waals surface area contributed by atoms with Crippen molar-refractivity contribution >= 4 is 17.2 Å². The summed E-state index contributed by atoms with van der Waals surface area (Å²) in [6.07, 6.45) is 9.12. The summed E-state index contributed by atoms with van der Waals surface area (Å²) in [6, 6.07) is 11.4. The first-order valence-corrected chi connectivity index (χ1v) is 9.80. The van der Waals surface area contributed by atoms with Crippen molar-refractivity contribution in [3.8, 4) is 17.9 Å². The van der Waals surface area contributed by atoms with Crippen LogP contribution in [0.5, 0.6) is 0 Å². The molecule has 0 atom stereocenters. The minimum atomic E-state index is -0.250. The van der Waals surface area contributed by atoms with Gasteiger partial charge in [-0.15, -0.1) is 0 Å². The molecule has 8 nitrogen and oxygen atoms in total. The number of aromatic nitrogens is 2. The van der Waals surface area contributed by atoms with Crippen LogP contribution in [0.1, 0.15) is 37.7 Å². The Kier molecular flexibility index (Phi) is 7.00. The van der Waals surface area contributed by atoms with Crippen molar-refractivity contribution in [3.63, 3.8) is 0 Å². The molecule has 3 aromatic rings. The summed E-state index contributed by atoms with van der Waals surface area (Å²) < 4.78 is 5.15. The number of hydrogen-bond donors (Lipinski definition) is 3. The zero-order chi connectivity index (χ0) is 21.3. The number of aliphatic imine (C=N–C) groups is 1. The van der Waals surface area contributed by atoms with Gasteiger partial charge in [-0.05, 0) is 43.2 Å². The second-order valence-electron chi connectivity index (χ2n) is 7.00. The molecule has 0 aliphatic heterocycles. The first kappa shape index (κ1) is 20.9. The van der Waals surface area contributed by atoms with Crippen LogP contribution in [0, 0.1) is 11.8 Å². The second-order valence-corrected chi connectivity index (χ2v) is 7.00. The van der Waals surface area contributed by atoms with Gasteiger partial charge in [0.1, 0.15) is 11.4 Å². The Morgan fingerprint density at radius 2 is 1.90 bits per heavy atom. The van der Waals surface area contributed by atoms with Crippen LogP contribution in [0.4, 0.5) is 11.4 Å². The Labute approximate surface area is 174 Å². The maximum Gasteiger partial charge on any atom is 0.261 e. The first-order chi connectivity index (χ1) is 14.7. The van der Waals surface area contributed by atoms with E-state index in [1.54, 1.807) is 18.5 Å². The first-order valence-electron chi connectivity index (χ1n) is 9.80. The molecule has 2 aromatic heterocycles. The van der Waals surface area contributed by atoms with E-state index >= 15 is 0 Å². The average molecular weight is 404 g/mol. The van der Waals surface area contributed by atoms with Gasteiger partial charge in [0.15, 0.2) is 5.76 Å². The van der Waals surface area contributed by atoms with Gasteiger partial charge >= 0.3 is 0 Å². The van der Waals surface area contributed by atoms with Gasteiger partial charge in [-0.25, -0.2) is 10.3 Å². The highest BCUT2D eigenvalue weighted by atomic mass is 16.5. The molecule has 1 aromatic carbocycles. The fraction of sp³-hybridized carbons (Fsp3) is 0.273. The van der Waals surface area contributed by atoms with Crippen LogP contribution in [-0.2, 0) is 0 Å². The number of hydrogen-bond acceptors (Lipinski definition) is 6. The maximum absolute atomic E-state index is 12.4. The maximum atomic E-state index is 12.4. The number of nitrogens with one attached hydrogen (secondary N) is 2. The molecule has 4 N–H and O–H groups in total. The van der Waals surface area contributed by atoms with Gasteiger partial charge in [0.05, 0.1) is 17.6 Å². The Morgan fingerprint density at radius 3 is 2.57 bits per heavy atom. The molecule has 0 bridgehead atoms. The molecule has 1 fully saturated rings. The van der Waals surface area contributed by atoms with Crippen molar-refractivity contribution in [2.24, 2.45) is 10.7 Å². The predicted molar refractivity (Wildman–Crippen MR) is 117 cm³/mol. The standard InChI is InChI=1S/C21H23N5O2.CHN/c22-20(26-16-8-6-14(7-9-16)18-11-13-24-28-18)19-17(10-12-23-21(19)27)25-15-4-2-1-3-5-15;1-2/h6-13,15H,1-5H2,(H2,22,26)(H2,23,25,27);1H. The zero-order valence-electron chi connectivity index (χ0n) is 16.5. The van der Waals surface area contributed by atoms with Crippen LogP contribution >= 0.6 is 0 Å². The average Bonchev–Trinajstić information content (AvgIpc) is 3.31. The molecular formula is C22H24N6O2. The number of nitrogens with two attached hydrogens (primary N) is 1. The minimum absolute atomic E-state index is 0.188. The number of nitrogens with zero attached hydrogens (tertiary/aromatic N) is 3. The summed E-state index contributed by atoms with van der Waals surface area (Å²) in [5.74, 6) is 0.870. The van der Waals surface area contributed by atoms with Gasteiger partial charge in [0.25, 0.3) is 5.56 Å². The molecule has 1 saturated carbocycles. The van der Waals surface area contributed by atoms with E-state index in [0.717, 1.165) is 24.1 Å². The highest BCUT2D eigenvalue weighted by Gasteiger charge is 2.17. The number of nitriles is 1. The molecule has 0 amide bonds. The lowest BCUT2D eigenvalue weighted by Crippen LogP contribution is -2.29. The molecule has 1 aliphatic rings. The molecule has 4 rings (SSSR count). The van der Waals surface area contributed by atoms with E-state index < -0.39 is 0 Å². The molecule has 0 radical (unpaired) electrons. The third kappa shape index (κ3) is 4.94. The largest absolute Gasteiger partial charge is 0.383 e. The number of anilines is 1. The molecule has 30 heavy (non-hydrogen) atoms. The smallest absolute Gasteiger partial charge is 0.261 e. The van der Waals surface area contributed by atoms with Crippen LogP contribution in [0.3, 0.4) is 0 Å². The lowest BCUT2D eigenvalue weighted by Gasteiger charge is -2.24. The number of pyridine rings is 1. The van der Waals surface area contributed by atoms with Crippen molar-refractivity contribution in [3.05, 3.63) is 64.7 Å². The minimum Gasteiger partial charge on any atom is -0.383 e. The SMILES string of the molecule is C#N.NC(=Nc1ccc(-c2ccno2)cc1)c1c(NC2CCCCC2)cc[nH]c1=O. The van der Waals surface area contributed by atoms with E-state index in [9.17, 15) is 4.79 Å². The summed E-state index contributed by atoms with van der Waals surface area (Å²) >= 11 is 0. The summed E-state index contributed by atoms with van der Waals surface area (Å²) in [5.41, 5.74) is 8.65. The van der Waals surface area contributed by atoms with Crippen LogP contribution in [0.2, 0.25) is 0 Å². The van der Waals surface area contributed by atoms with Crippen molar-refractivity contribution < 1.29 is 4.52 Å². The topological polar surface area (TPSA) is 133 Å². The molecule has 154 valence electrons. The van der Waals surface area contributed by atoms with E-state index in [1.807, 2.05) is 30.3 Å². The third-order valence-corrected chi connectivity index (χ3v) is 5.02. The second kappa shape index (κ2) is 10.1. The molecule has 8 heteroatoms. The molecule has 1 aliphatic carbocycles.